The van der Waals surface area contributed by atoms with Gasteiger partial charge in [-0.25, -0.2) is 14.4 Å². The maximum absolute atomic E-state index is 12.8. The fourth-order valence-corrected chi connectivity index (χ4v) is 1.97. The zero-order valence-corrected chi connectivity index (χ0v) is 12.4. The molecule has 0 aliphatic rings. The Morgan fingerprint density at radius 3 is 2.43 bits per heavy atom. The Morgan fingerprint density at radius 2 is 1.74 bits per heavy atom. The Labute approximate surface area is 134 Å². The van der Waals surface area contributed by atoms with E-state index in [0.717, 1.165) is 16.9 Å². The zero-order chi connectivity index (χ0) is 15.9. The lowest BCUT2D eigenvalue weighted by Gasteiger charge is -2.06. The molecule has 3 aromatic rings. The van der Waals surface area contributed by atoms with Crippen molar-refractivity contribution in [2.24, 2.45) is 4.99 Å². The molecule has 3 rings (SSSR count). The molecule has 0 aliphatic heterocycles. The number of rotatable bonds is 5. The molecule has 1 heterocycles. The quantitative estimate of drug-likeness (QED) is 0.648. The highest BCUT2D eigenvalue weighted by Gasteiger charge is 1.97. The molecule has 3 nitrogen and oxygen atoms in total. The van der Waals surface area contributed by atoms with E-state index in [1.165, 1.54) is 12.1 Å². The SMILES string of the molecule is Fc1ccc(COc2ccc(C=Nc3ccccn3)cc2)cc1. The van der Waals surface area contributed by atoms with E-state index in [1.807, 2.05) is 42.5 Å². The van der Waals surface area contributed by atoms with Gasteiger partial charge in [0.25, 0.3) is 0 Å². The number of hydrogen-bond acceptors (Lipinski definition) is 3. The predicted octanol–water partition coefficient (Wildman–Crippen LogP) is 4.55. The minimum atomic E-state index is -0.245. The lowest BCUT2D eigenvalue weighted by atomic mass is 10.2. The summed E-state index contributed by atoms with van der Waals surface area (Å²) in [7, 11) is 0. The standard InChI is InChI=1S/C19H15FN2O/c20-17-8-4-16(5-9-17)14-23-18-10-6-15(7-11-18)13-22-19-3-1-2-12-21-19/h1-13H,14H2. The monoisotopic (exact) mass is 306 g/mol. The highest BCUT2D eigenvalue weighted by Crippen LogP contribution is 2.14. The first-order valence-corrected chi connectivity index (χ1v) is 7.22. The average molecular weight is 306 g/mol. The van der Waals surface area contributed by atoms with Crippen LogP contribution < -0.4 is 4.74 Å². The highest BCUT2D eigenvalue weighted by molar-refractivity contribution is 5.81. The molecule has 0 bridgehead atoms. The van der Waals surface area contributed by atoms with E-state index >= 15 is 0 Å². The van der Waals surface area contributed by atoms with Crippen molar-refractivity contribution in [3.05, 3.63) is 89.9 Å². The van der Waals surface area contributed by atoms with Gasteiger partial charge in [-0.05, 0) is 59.7 Å². The number of pyridine rings is 1. The van der Waals surface area contributed by atoms with Crippen molar-refractivity contribution in [2.45, 2.75) is 6.61 Å². The molecule has 0 unspecified atom stereocenters. The molecule has 0 amide bonds. The number of hydrogen-bond donors (Lipinski definition) is 0. The molecule has 2 aromatic carbocycles. The summed E-state index contributed by atoms with van der Waals surface area (Å²) in [6, 6.07) is 19.5. The normalized spacial score (nSPS) is 10.8. The van der Waals surface area contributed by atoms with Crippen LogP contribution in [-0.4, -0.2) is 11.2 Å². The Kier molecular flexibility index (Phi) is 4.74. The van der Waals surface area contributed by atoms with Gasteiger partial charge in [0.2, 0.25) is 0 Å². The number of nitrogens with zero attached hydrogens (tertiary/aromatic N) is 2. The first-order chi connectivity index (χ1) is 11.3. The summed E-state index contributed by atoms with van der Waals surface area (Å²) in [5.41, 5.74) is 1.89. The van der Waals surface area contributed by atoms with Gasteiger partial charge in [-0.3, -0.25) is 0 Å². The third-order valence-corrected chi connectivity index (χ3v) is 3.19. The lowest BCUT2D eigenvalue weighted by molar-refractivity contribution is 0.306. The Hall–Kier alpha value is -3.01. The van der Waals surface area contributed by atoms with Crippen LogP contribution in [-0.2, 0) is 6.61 Å². The molecule has 0 saturated heterocycles. The lowest BCUT2D eigenvalue weighted by Crippen LogP contribution is -1.95. The topological polar surface area (TPSA) is 34.5 Å². The van der Waals surface area contributed by atoms with E-state index in [2.05, 4.69) is 9.98 Å². The second-order valence-corrected chi connectivity index (χ2v) is 4.93. The fourth-order valence-electron chi connectivity index (χ4n) is 1.97. The molecule has 23 heavy (non-hydrogen) atoms. The predicted molar refractivity (Wildman–Crippen MR) is 88.7 cm³/mol. The molecular formula is C19H15FN2O. The van der Waals surface area contributed by atoms with Gasteiger partial charge in [-0.2, -0.15) is 0 Å². The van der Waals surface area contributed by atoms with Crippen molar-refractivity contribution >= 4 is 12.0 Å². The average Bonchev–Trinajstić information content (AvgIpc) is 2.61. The summed E-state index contributed by atoms with van der Waals surface area (Å²) in [6.45, 7) is 0.404. The molecule has 4 heteroatoms. The number of aromatic nitrogens is 1. The van der Waals surface area contributed by atoms with Crippen LogP contribution in [0.1, 0.15) is 11.1 Å². The summed E-state index contributed by atoms with van der Waals surface area (Å²) in [5.74, 6) is 1.18. The minimum absolute atomic E-state index is 0.245. The number of aliphatic imine (C=N–C) groups is 1. The van der Waals surface area contributed by atoms with Crippen LogP contribution in [0.15, 0.2) is 77.9 Å². The van der Waals surface area contributed by atoms with Crippen molar-refractivity contribution in [1.82, 2.24) is 4.98 Å². The fraction of sp³-hybridized carbons (Fsp3) is 0.0526. The van der Waals surface area contributed by atoms with E-state index < -0.39 is 0 Å². The van der Waals surface area contributed by atoms with Crippen LogP contribution in [0.4, 0.5) is 10.2 Å². The Bertz CT molecular complexity index is 769. The number of halogens is 1. The zero-order valence-electron chi connectivity index (χ0n) is 12.4. The summed E-state index contributed by atoms with van der Waals surface area (Å²) in [4.78, 5) is 8.43. The minimum Gasteiger partial charge on any atom is -0.489 e. The van der Waals surface area contributed by atoms with E-state index in [0.29, 0.717) is 12.4 Å². The van der Waals surface area contributed by atoms with E-state index in [9.17, 15) is 4.39 Å². The van der Waals surface area contributed by atoms with Gasteiger partial charge in [-0.1, -0.05) is 18.2 Å². The molecule has 0 atom stereocenters. The van der Waals surface area contributed by atoms with Crippen molar-refractivity contribution < 1.29 is 9.13 Å². The first kappa shape index (κ1) is 14.9. The maximum atomic E-state index is 12.8. The molecule has 0 N–H and O–H groups in total. The van der Waals surface area contributed by atoms with Crippen LogP contribution >= 0.6 is 0 Å². The van der Waals surface area contributed by atoms with Crippen molar-refractivity contribution in [3.8, 4) is 5.75 Å². The first-order valence-electron chi connectivity index (χ1n) is 7.22. The Morgan fingerprint density at radius 1 is 0.957 bits per heavy atom. The molecule has 0 saturated carbocycles. The van der Waals surface area contributed by atoms with Gasteiger partial charge in [-0.15, -0.1) is 0 Å². The molecule has 0 spiro atoms. The second-order valence-electron chi connectivity index (χ2n) is 4.93. The van der Waals surface area contributed by atoms with Crippen molar-refractivity contribution in [3.63, 3.8) is 0 Å². The highest BCUT2D eigenvalue weighted by atomic mass is 19.1. The van der Waals surface area contributed by atoms with Crippen LogP contribution in [0.25, 0.3) is 0 Å². The number of ether oxygens (including phenoxy) is 1. The summed E-state index contributed by atoms with van der Waals surface area (Å²) in [6.07, 6.45) is 3.46. The summed E-state index contributed by atoms with van der Waals surface area (Å²) < 4.78 is 18.5. The van der Waals surface area contributed by atoms with Gasteiger partial charge in [0, 0.05) is 12.4 Å². The van der Waals surface area contributed by atoms with Gasteiger partial charge < -0.3 is 4.74 Å². The van der Waals surface area contributed by atoms with E-state index in [1.54, 1.807) is 24.5 Å². The Balaban J connectivity index is 1.58. The van der Waals surface area contributed by atoms with Crippen molar-refractivity contribution in [1.29, 1.82) is 0 Å². The van der Waals surface area contributed by atoms with Gasteiger partial charge in [0.15, 0.2) is 5.82 Å². The van der Waals surface area contributed by atoms with Gasteiger partial charge in [0.1, 0.15) is 18.2 Å². The second kappa shape index (κ2) is 7.31. The van der Waals surface area contributed by atoms with Crippen molar-refractivity contribution in [2.75, 3.05) is 0 Å². The molecular weight excluding hydrogens is 291 g/mol. The molecule has 1 aromatic heterocycles. The van der Waals surface area contributed by atoms with Gasteiger partial charge in [0.05, 0.1) is 0 Å². The van der Waals surface area contributed by atoms with E-state index in [4.69, 9.17) is 4.74 Å². The third-order valence-electron chi connectivity index (χ3n) is 3.19. The molecule has 0 radical (unpaired) electrons. The maximum Gasteiger partial charge on any atom is 0.151 e. The van der Waals surface area contributed by atoms with E-state index in [-0.39, 0.29) is 5.82 Å². The van der Waals surface area contributed by atoms with Crippen LogP contribution in [0.2, 0.25) is 0 Å². The number of benzene rings is 2. The molecule has 0 fully saturated rings. The third kappa shape index (κ3) is 4.48. The van der Waals surface area contributed by atoms with Crippen LogP contribution in [0, 0.1) is 5.82 Å². The largest absolute Gasteiger partial charge is 0.489 e. The smallest absolute Gasteiger partial charge is 0.151 e. The molecule has 114 valence electrons. The van der Waals surface area contributed by atoms with Gasteiger partial charge >= 0.3 is 0 Å². The summed E-state index contributed by atoms with van der Waals surface area (Å²) in [5, 5.41) is 0. The van der Waals surface area contributed by atoms with Crippen LogP contribution in [0.5, 0.6) is 5.75 Å². The summed E-state index contributed by atoms with van der Waals surface area (Å²) >= 11 is 0. The van der Waals surface area contributed by atoms with Crippen LogP contribution in [0.3, 0.4) is 0 Å². The molecule has 0 aliphatic carbocycles.